The van der Waals surface area contributed by atoms with E-state index in [4.69, 9.17) is 9.47 Å². The van der Waals surface area contributed by atoms with Crippen LogP contribution in [0.5, 0.6) is 0 Å². The largest absolute Gasteiger partial charge is 0.444 e. The Morgan fingerprint density at radius 3 is 2.30 bits per heavy atom. The third kappa shape index (κ3) is 9.93. The molecular formula is C46H60FN7O7. The molecule has 2 N–H and O–H groups in total. The van der Waals surface area contributed by atoms with E-state index in [2.05, 4.69) is 20.4 Å². The minimum Gasteiger partial charge on any atom is -0.444 e. The average molecular weight is 842 g/mol. The van der Waals surface area contributed by atoms with Crippen molar-refractivity contribution in [3.63, 3.8) is 0 Å². The second-order valence-corrected chi connectivity index (χ2v) is 18.8. The van der Waals surface area contributed by atoms with Gasteiger partial charge in [0.25, 0.3) is 11.5 Å². The molecule has 328 valence electrons. The number of amides is 4. The number of aromatic nitrogens is 2. The van der Waals surface area contributed by atoms with Crippen LogP contribution in [0.4, 0.5) is 9.18 Å². The highest BCUT2D eigenvalue weighted by Gasteiger charge is 2.50. The lowest BCUT2D eigenvalue weighted by Crippen LogP contribution is -2.56. The lowest BCUT2D eigenvalue weighted by atomic mass is 9.83. The minimum absolute atomic E-state index is 0.0148. The molecule has 5 fully saturated rings. The summed E-state index contributed by atoms with van der Waals surface area (Å²) in [5, 5.41) is 10.9. The van der Waals surface area contributed by atoms with Crippen LogP contribution in [0.3, 0.4) is 0 Å². The Balaban J connectivity index is 0.771. The van der Waals surface area contributed by atoms with Crippen molar-refractivity contribution in [3.05, 3.63) is 75.5 Å². The number of carbonyl (C=O) groups is 4. The Bertz CT molecular complexity index is 2150. The smallest absolute Gasteiger partial charge is 0.408 e. The minimum atomic E-state index is -0.642. The third-order valence-corrected chi connectivity index (χ3v) is 13.4. The van der Waals surface area contributed by atoms with Crippen molar-refractivity contribution in [3.8, 4) is 0 Å². The number of benzene rings is 2. The van der Waals surface area contributed by atoms with Crippen LogP contribution in [0, 0.1) is 17.7 Å². The number of nitrogens with zero attached hydrogens (tertiary/aromatic N) is 5. The molecule has 15 heteroatoms. The van der Waals surface area contributed by atoms with Gasteiger partial charge < -0.3 is 29.5 Å². The van der Waals surface area contributed by atoms with Crippen LogP contribution >= 0.6 is 0 Å². The third-order valence-electron chi connectivity index (χ3n) is 13.4. The molecule has 0 spiro atoms. The molecule has 61 heavy (non-hydrogen) atoms. The van der Waals surface area contributed by atoms with Crippen molar-refractivity contribution in [2.75, 3.05) is 52.4 Å². The van der Waals surface area contributed by atoms with Gasteiger partial charge in [-0.25, -0.2) is 14.3 Å². The van der Waals surface area contributed by atoms with Gasteiger partial charge in [0.15, 0.2) is 0 Å². The predicted octanol–water partition coefficient (Wildman–Crippen LogP) is 4.88. The molecule has 2 unspecified atom stereocenters. The standard InChI is InChI=1S/C46H60FN7O7/c1-46(2,3)61-45(59)48-41(30-9-5-4-6-10-30)44(58)54-27-31-25-32(54)26-39(31)60-33-15-17-51(18-16-33)28-40(55)52-19-21-53(22-20-52)43(57)36-23-29(13-14-37(36)47)24-38-34-11-7-8-12-35(34)42(56)50-49-38/h7-8,11-14,23,30-33,39,41H,4-6,9-10,15-22,24-28H2,1-3H3,(H,48,59)(H,50,56)/t31?,32?,39-,41+/m0/s1. The van der Waals surface area contributed by atoms with Gasteiger partial charge in [-0.1, -0.05) is 43.5 Å². The SMILES string of the molecule is CC(C)(C)OC(=O)N[C@@H](C(=O)N1CC2CC1C[C@@H]2OC1CCN(CC(=O)N2CCN(C(=O)c3cc(Cc4n[nH]c(=O)c5ccccc45)ccc3F)CC2)CC1)C1CCCCC1. The summed E-state index contributed by atoms with van der Waals surface area (Å²) in [6.07, 6.45) is 8.51. The maximum absolute atomic E-state index is 15.0. The molecule has 2 saturated carbocycles. The fraction of sp³-hybridized carbons (Fsp3) is 0.609. The molecular weight excluding hydrogens is 782 g/mol. The van der Waals surface area contributed by atoms with E-state index in [1.165, 1.54) is 6.07 Å². The number of alkyl carbamates (subject to hydrolysis) is 1. The zero-order chi connectivity index (χ0) is 42.8. The first-order valence-corrected chi connectivity index (χ1v) is 22.3. The Morgan fingerprint density at radius 2 is 1.61 bits per heavy atom. The fourth-order valence-electron chi connectivity index (χ4n) is 10.2. The fourth-order valence-corrected chi connectivity index (χ4v) is 10.2. The number of fused-ring (bicyclic) bond motifs is 3. The number of likely N-dealkylation sites (tertiary alicyclic amines) is 2. The van der Waals surface area contributed by atoms with Crippen LogP contribution in [0.2, 0.25) is 0 Å². The van der Waals surface area contributed by atoms with Gasteiger partial charge >= 0.3 is 6.09 Å². The summed E-state index contributed by atoms with van der Waals surface area (Å²) >= 11 is 0. The number of halogens is 1. The monoisotopic (exact) mass is 841 g/mol. The van der Waals surface area contributed by atoms with Crippen LogP contribution in [-0.2, 0) is 25.5 Å². The summed E-state index contributed by atoms with van der Waals surface area (Å²) in [4.78, 5) is 73.6. The van der Waals surface area contributed by atoms with Crippen molar-refractivity contribution in [2.24, 2.45) is 11.8 Å². The topological polar surface area (TPSA) is 157 Å². The van der Waals surface area contributed by atoms with E-state index < -0.39 is 29.5 Å². The molecule has 8 rings (SSSR count). The Labute approximate surface area is 356 Å². The van der Waals surface area contributed by atoms with Gasteiger partial charge in [0.1, 0.15) is 17.5 Å². The van der Waals surface area contributed by atoms with Crippen LogP contribution in [0.25, 0.3) is 10.8 Å². The van der Waals surface area contributed by atoms with Crippen LogP contribution in [-0.4, -0.2) is 136 Å². The molecule has 4 atom stereocenters. The van der Waals surface area contributed by atoms with Gasteiger partial charge in [0.2, 0.25) is 11.8 Å². The average Bonchev–Trinajstić information content (AvgIpc) is 3.86. The molecule has 3 saturated heterocycles. The van der Waals surface area contributed by atoms with E-state index in [1.54, 1.807) is 34.1 Å². The molecule has 14 nitrogen and oxygen atoms in total. The van der Waals surface area contributed by atoms with Crippen molar-refractivity contribution < 1.29 is 33.0 Å². The van der Waals surface area contributed by atoms with E-state index in [1.807, 2.05) is 37.8 Å². The number of rotatable bonds is 10. The summed E-state index contributed by atoms with van der Waals surface area (Å²) < 4.78 is 27.3. The van der Waals surface area contributed by atoms with Gasteiger partial charge in [-0.2, -0.15) is 5.10 Å². The predicted molar refractivity (Wildman–Crippen MR) is 226 cm³/mol. The van der Waals surface area contributed by atoms with Gasteiger partial charge in [0.05, 0.1) is 35.4 Å². The molecule has 2 aromatic carbocycles. The second-order valence-electron chi connectivity index (χ2n) is 18.8. The summed E-state index contributed by atoms with van der Waals surface area (Å²) in [5.41, 5.74) is 0.371. The van der Waals surface area contributed by atoms with Crippen molar-refractivity contribution in [2.45, 2.75) is 115 Å². The van der Waals surface area contributed by atoms with E-state index in [-0.39, 0.29) is 53.0 Å². The molecule has 5 aliphatic rings. The quantitative estimate of drug-likeness (QED) is 0.291. The summed E-state index contributed by atoms with van der Waals surface area (Å²) in [5.74, 6) is -0.598. The number of ether oxygens (including phenoxy) is 2. The number of carbonyl (C=O) groups excluding carboxylic acids is 4. The molecule has 4 amide bonds. The highest BCUT2D eigenvalue weighted by molar-refractivity contribution is 5.95. The number of piperidine rings is 2. The Morgan fingerprint density at radius 1 is 0.902 bits per heavy atom. The Kier molecular flexibility index (Phi) is 12.8. The molecule has 2 bridgehead atoms. The first-order chi connectivity index (χ1) is 29.3. The highest BCUT2D eigenvalue weighted by Crippen LogP contribution is 2.42. The number of piperazine rings is 1. The van der Waals surface area contributed by atoms with Crippen molar-refractivity contribution in [1.82, 2.24) is 35.1 Å². The molecule has 0 radical (unpaired) electrons. The lowest BCUT2D eigenvalue weighted by molar-refractivity contribution is -0.140. The Hall–Kier alpha value is -4.89. The number of hydrogen-bond acceptors (Lipinski definition) is 9. The molecule has 3 aliphatic heterocycles. The summed E-state index contributed by atoms with van der Waals surface area (Å²) in [7, 11) is 0. The molecule has 3 aromatic rings. The van der Waals surface area contributed by atoms with Crippen LogP contribution in [0.1, 0.15) is 100 Å². The number of H-pyrrole nitrogens is 1. The highest BCUT2D eigenvalue weighted by atomic mass is 19.1. The van der Waals surface area contributed by atoms with E-state index in [9.17, 15) is 24.0 Å². The van der Waals surface area contributed by atoms with Gasteiger partial charge in [-0.15, -0.1) is 0 Å². The van der Waals surface area contributed by atoms with Crippen molar-refractivity contribution in [1.29, 1.82) is 0 Å². The number of hydrogen-bond donors (Lipinski definition) is 2. The molecule has 1 aromatic heterocycles. The lowest BCUT2D eigenvalue weighted by Gasteiger charge is -2.39. The number of nitrogens with one attached hydrogen (secondary N) is 2. The zero-order valence-electron chi connectivity index (χ0n) is 35.7. The summed E-state index contributed by atoms with van der Waals surface area (Å²) in [6, 6.07) is 11.2. The van der Waals surface area contributed by atoms with E-state index in [0.717, 1.165) is 70.9 Å². The van der Waals surface area contributed by atoms with Gasteiger partial charge in [-0.05, 0) is 89.0 Å². The van der Waals surface area contributed by atoms with Crippen molar-refractivity contribution >= 4 is 34.6 Å². The second kappa shape index (κ2) is 18.2. The van der Waals surface area contributed by atoms with Crippen LogP contribution in [0.15, 0.2) is 47.3 Å². The summed E-state index contributed by atoms with van der Waals surface area (Å²) in [6.45, 7) is 9.31. The first kappa shape index (κ1) is 42.8. The van der Waals surface area contributed by atoms with Crippen LogP contribution < -0.4 is 10.9 Å². The zero-order valence-corrected chi connectivity index (χ0v) is 35.7. The first-order valence-electron chi connectivity index (χ1n) is 22.3. The van der Waals surface area contributed by atoms with Gasteiger partial charge in [-0.3, -0.25) is 24.1 Å². The molecule has 2 aliphatic carbocycles. The maximum atomic E-state index is 15.0. The maximum Gasteiger partial charge on any atom is 0.408 e. The normalized spacial score (nSPS) is 23.3. The van der Waals surface area contributed by atoms with E-state index >= 15 is 4.39 Å². The van der Waals surface area contributed by atoms with Gasteiger partial charge in [0, 0.05) is 69.6 Å². The van der Waals surface area contributed by atoms with E-state index in [0.29, 0.717) is 67.7 Å². The molecule has 4 heterocycles. The number of aromatic amines is 1.